The van der Waals surface area contributed by atoms with E-state index in [9.17, 15) is 0 Å². The van der Waals surface area contributed by atoms with Gasteiger partial charge in [-0.15, -0.1) is 0 Å². The third-order valence-corrected chi connectivity index (χ3v) is 3.55. The molecule has 3 nitrogen and oxygen atoms in total. The van der Waals surface area contributed by atoms with Gasteiger partial charge < -0.3 is 4.42 Å². The lowest BCUT2D eigenvalue weighted by molar-refractivity contribution is 0.278. The van der Waals surface area contributed by atoms with Gasteiger partial charge in [0.1, 0.15) is 11.5 Å². The minimum absolute atomic E-state index is 0.0286. The molecule has 0 radical (unpaired) electrons. The number of hydrogen-bond donors (Lipinski definition) is 0. The fourth-order valence-corrected chi connectivity index (χ4v) is 2.34. The zero-order valence-electron chi connectivity index (χ0n) is 11.6. The summed E-state index contributed by atoms with van der Waals surface area (Å²) in [5.74, 6) is 1.81. The van der Waals surface area contributed by atoms with E-state index in [1.54, 1.807) is 0 Å². The van der Waals surface area contributed by atoms with Gasteiger partial charge in [0.15, 0.2) is 0 Å². The van der Waals surface area contributed by atoms with Crippen LogP contribution in [0.1, 0.15) is 12.7 Å². The molecule has 0 spiro atoms. The molecule has 1 atom stereocenters. The van der Waals surface area contributed by atoms with E-state index in [2.05, 4.69) is 26.9 Å². The zero-order chi connectivity index (χ0) is 14.5. The molecule has 4 heteroatoms. The lowest BCUT2D eigenvalue weighted by Gasteiger charge is -2.15. The largest absolute Gasteiger partial charge is 0.460 e. The van der Waals surface area contributed by atoms with Crippen molar-refractivity contribution in [3.63, 3.8) is 0 Å². The number of hydrogen-bond acceptors (Lipinski definition) is 3. The molecule has 0 amide bonds. The number of rotatable bonds is 5. The first-order chi connectivity index (χ1) is 9.58. The van der Waals surface area contributed by atoms with E-state index in [1.165, 1.54) is 0 Å². The Morgan fingerprint density at radius 2 is 1.95 bits per heavy atom. The molecular weight excluding hydrogens is 316 g/mol. The second-order valence-corrected chi connectivity index (χ2v) is 5.92. The van der Waals surface area contributed by atoms with Crippen LogP contribution < -0.4 is 0 Å². The molecule has 104 valence electrons. The number of nitrogens with zero attached hydrogens (tertiary/aromatic N) is 2. The predicted molar refractivity (Wildman–Crippen MR) is 83.0 cm³/mol. The van der Waals surface area contributed by atoms with Gasteiger partial charge in [-0.2, -0.15) is 5.26 Å². The standard InChI is InChI=1S/C16H17BrN2O/c1-12(9-18)10-19(2)11-15-7-8-16(20-15)13-3-5-14(17)6-4-13/h3-8,12H,10-11H2,1-2H3/t12-/m1/s1. The average molecular weight is 333 g/mol. The number of nitriles is 1. The topological polar surface area (TPSA) is 40.2 Å². The fraction of sp³-hybridized carbons (Fsp3) is 0.312. The summed E-state index contributed by atoms with van der Waals surface area (Å²) in [5, 5.41) is 8.82. The van der Waals surface area contributed by atoms with Crippen molar-refractivity contribution in [3.8, 4) is 17.4 Å². The van der Waals surface area contributed by atoms with Crippen LogP contribution in [0, 0.1) is 17.2 Å². The monoisotopic (exact) mass is 332 g/mol. The van der Waals surface area contributed by atoms with Crippen LogP contribution in [0.4, 0.5) is 0 Å². The molecule has 1 aromatic heterocycles. The Balaban J connectivity index is 2.02. The summed E-state index contributed by atoms with van der Waals surface area (Å²) in [6, 6.07) is 14.3. The summed E-state index contributed by atoms with van der Waals surface area (Å²) in [7, 11) is 2.00. The maximum absolute atomic E-state index is 8.82. The molecule has 2 aromatic rings. The van der Waals surface area contributed by atoms with Crippen LogP contribution in [-0.2, 0) is 6.54 Å². The molecule has 1 aromatic carbocycles. The van der Waals surface area contributed by atoms with Crippen LogP contribution in [0.25, 0.3) is 11.3 Å². The molecule has 0 aliphatic carbocycles. The van der Waals surface area contributed by atoms with E-state index in [0.29, 0.717) is 6.54 Å². The van der Waals surface area contributed by atoms with Gasteiger partial charge in [-0.05, 0) is 38.2 Å². The molecule has 0 N–H and O–H groups in total. The molecule has 1 heterocycles. The molecule has 0 saturated carbocycles. The Hall–Kier alpha value is -1.57. The fourth-order valence-electron chi connectivity index (χ4n) is 2.07. The Morgan fingerprint density at radius 3 is 2.60 bits per heavy atom. The number of furan rings is 1. The van der Waals surface area contributed by atoms with Crippen molar-refractivity contribution in [2.24, 2.45) is 5.92 Å². The van der Waals surface area contributed by atoms with Crippen LogP contribution in [0.2, 0.25) is 0 Å². The summed E-state index contributed by atoms with van der Waals surface area (Å²) >= 11 is 3.42. The van der Waals surface area contributed by atoms with Crippen LogP contribution in [0.3, 0.4) is 0 Å². The highest BCUT2D eigenvalue weighted by Crippen LogP contribution is 2.24. The Kier molecular flexibility index (Phi) is 4.99. The average Bonchev–Trinajstić information content (AvgIpc) is 2.87. The maximum atomic E-state index is 8.82. The van der Waals surface area contributed by atoms with Gasteiger partial charge in [-0.3, -0.25) is 4.90 Å². The summed E-state index contributed by atoms with van der Waals surface area (Å²) < 4.78 is 6.91. The Bertz CT molecular complexity index is 598. The molecule has 0 bridgehead atoms. The first-order valence-electron chi connectivity index (χ1n) is 6.51. The lowest BCUT2D eigenvalue weighted by Crippen LogP contribution is -2.23. The Morgan fingerprint density at radius 1 is 1.25 bits per heavy atom. The van der Waals surface area contributed by atoms with E-state index < -0.39 is 0 Å². The van der Waals surface area contributed by atoms with Crippen LogP contribution in [0.5, 0.6) is 0 Å². The molecule has 0 aliphatic heterocycles. The number of benzene rings is 1. The van der Waals surface area contributed by atoms with E-state index in [0.717, 1.165) is 28.1 Å². The summed E-state index contributed by atoms with van der Waals surface area (Å²) in [5.41, 5.74) is 1.06. The summed E-state index contributed by atoms with van der Waals surface area (Å²) in [4.78, 5) is 2.10. The van der Waals surface area contributed by atoms with E-state index >= 15 is 0 Å². The summed E-state index contributed by atoms with van der Waals surface area (Å²) in [6.07, 6.45) is 0. The molecule has 0 fully saturated rings. The molecule has 0 unspecified atom stereocenters. The van der Waals surface area contributed by atoms with Crippen molar-refractivity contribution in [2.75, 3.05) is 13.6 Å². The van der Waals surface area contributed by atoms with Crippen molar-refractivity contribution in [2.45, 2.75) is 13.5 Å². The lowest BCUT2D eigenvalue weighted by atomic mass is 10.2. The van der Waals surface area contributed by atoms with E-state index in [1.807, 2.05) is 50.4 Å². The van der Waals surface area contributed by atoms with Gasteiger partial charge in [0, 0.05) is 16.6 Å². The normalized spacial score (nSPS) is 12.3. The van der Waals surface area contributed by atoms with Crippen molar-refractivity contribution in [1.82, 2.24) is 4.90 Å². The van der Waals surface area contributed by atoms with E-state index in [-0.39, 0.29) is 5.92 Å². The quantitative estimate of drug-likeness (QED) is 0.819. The highest BCUT2D eigenvalue weighted by Gasteiger charge is 2.09. The predicted octanol–water partition coefficient (Wildman–Crippen LogP) is 4.30. The Labute approximate surface area is 127 Å². The minimum Gasteiger partial charge on any atom is -0.460 e. The van der Waals surface area contributed by atoms with Crippen molar-refractivity contribution in [3.05, 3.63) is 46.6 Å². The molecule has 20 heavy (non-hydrogen) atoms. The first-order valence-corrected chi connectivity index (χ1v) is 7.30. The van der Waals surface area contributed by atoms with Gasteiger partial charge in [0.2, 0.25) is 0 Å². The van der Waals surface area contributed by atoms with Crippen LogP contribution >= 0.6 is 15.9 Å². The molecule has 2 rings (SSSR count). The summed E-state index contributed by atoms with van der Waals surface area (Å²) in [6.45, 7) is 3.37. The second-order valence-electron chi connectivity index (χ2n) is 5.00. The maximum Gasteiger partial charge on any atom is 0.134 e. The molecule has 0 aliphatic rings. The highest BCUT2D eigenvalue weighted by molar-refractivity contribution is 9.10. The molecule has 0 saturated heterocycles. The van der Waals surface area contributed by atoms with Crippen LogP contribution in [-0.4, -0.2) is 18.5 Å². The first kappa shape index (κ1) is 14.8. The van der Waals surface area contributed by atoms with Gasteiger partial charge >= 0.3 is 0 Å². The SMILES string of the molecule is C[C@H](C#N)CN(C)Cc1ccc(-c2ccc(Br)cc2)o1. The van der Waals surface area contributed by atoms with Gasteiger partial charge in [-0.1, -0.05) is 28.1 Å². The van der Waals surface area contributed by atoms with Crippen molar-refractivity contribution < 1.29 is 4.42 Å². The smallest absolute Gasteiger partial charge is 0.134 e. The third-order valence-electron chi connectivity index (χ3n) is 3.02. The third kappa shape index (κ3) is 3.96. The second kappa shape index (κ2) is 6.74. The van der Waals surface area contributed by atoms with Crippen molar-refractivity contribution in [1.29, 1.82) is 5.26 Å². The molecular formula is C16H17BrN2O. The van der Waals surface area contributed by atoms with Gasteiger partial charge in [0.25, 0.3) is 0 Å². The highest BCUT2D eigenvalue weighted by atomic mass is 79.9. The van der Waals surface area contributed by atoms with E-state index in [4.69, 9.17) is 9.68 Å². The number of halogens is 1. The van der Waals surface area contributed by atoms with Gasteiger partial charge in [-0.25, -0.2) is 0 Å². The van der Waals surface area contributed by atoms with Crippen molar-refractivity contribution >= 4 is 15.9 Å². The van der Waals surface area contributed by atoms with Crippen LogP contribution in [0.15, 0.2) is 45.3 Å². The zero-order valence-corrected chi connectivity index (χ0v) is 13.2. The van der Waals surface area contributed by atoms with Gasteiger partial charge in [0.05, 0.1) is 18.5 Å². The minimum atomic E-state index is 0.0286.